The van der Waals surface area contributed by atoms with Gasteiger partial charge in [0.05, 0.1) is 26.4 Å². The number of carbonyl (C=O) groups is 2. The number of hydrogen-bond acceptors (Lipinski definition) is 7. The van der Waals surface area contributed by atoms with E-state index < -0.39 is 5.41 Å². The molecule has 1 aliphatic heterocycles. The van der Waals surface area contributed by atoms with Crippen LogP contribution in [-0.4, -0.2) is 39.4 Å². The van der Waals surface area contributed by atoms with Gasteiger partial charge in [0.25, 0.3) is 0 Å². The third-order valence-corrected chi connectivity index (χ3v) is 5.59. The minimum absolute atomic E-state index is 0.173. The van der Waals surface area contributed by atoms with E-state index >= 15 is 0 Å². The quantitative estimate of drug-likeness (QED) is 0.611. The van der Waals surface area contributed by atoms with Gasteiger partial charge in [-0.2, -0.15) is 0 Å². The molecule has 0 aromatic heterocycles. The lowest BCUT2D eigenvalue weighted by Gasteiger charge is -2.21. The molecule has 2 aliphatic rings. The van der Waals surface area contributed by atoms with Gasteiger partial charge in [0.15, 0.2) is 11.5 Å². The van der Waals surface area contributed by atoms with Crippen molar-refractivity contribution in [3.05, 3.63) is 41.5 Å². The third kappa shape index (κ3) is 3.34. The van der Waals surface area contributed by atoms with Crippen LogP contribution in [0, 0.1) is 5.41 Å². The van der Waals surface area contributed by atoms with E-state index in [9.17, 15) is 9.59 Å². The summed E-state index contributed by atoms with van der Waals surface area (Å²) in [7, 11) is 3.09. The lowest BCUT2D eigenvalue weighted by atomic mass is 9.95. The van der Waals surface area contributed by atoms with Crippen molar-refractivity contribution in [3.8, 4) is 28.4 Å². The summed E-state index contributed by atoms with van der Waals surface area (Å²) in [6, 6.07) is 9.11. The first-order valence-electron chi connectivity index (χ1n) is 9.89. The Labute approximate surface area is 174 Å². The topological polar surface area (TPSA) is 80.3 Å². The monoisotopic (exact) mass is 412 g/mol. The smallest absolute Gasteiger partial charge is 0.338 e. The van der Waals surface area contributed by atoms with E-state index in [1.165, 1.54) is 7.11 Å². The van der Waals surface area contributed by atoms with Crippen LogP contribution in [0.15, 0.2) is 30.3 Å². The van der Waals surface area contributed by atoms with Crippen LogP contribution in [0.1, 0.15) is 35.7 Å². The molecule has 2 aromatic carbocycles. The minimum atomic E-state index is -0.626. The summed E-state index contributed by atoms with van der Waals surface area (Å²) in [6.45, 7) is 2.49. The van der Waals surface area contributed by atoms with Crippen molar-refractivity contribution < 1.29 is 33.3 Å². The maximum absolute atomic E-state index is 12.4. The van der Waals surface area contributed by atoms with Crippen LogP contribution in [-0.2, 0) is 20.9 Å². The molecule has 0 atom stereocenters. The van der Waals surface area contributed by atoms with Gasteiger partial charge >= 0.3 is 11.9 Å². The van der Waals surface area contributed by atoms with Crippen molar-refractivity contribution >= 4 is 11.9 Å². The second kappa shape index (κ2) is 7.89. The number of rotatable bonds is 8. The molecule has 1 saturated carbocycles. The Balaban J connectivity index is 1.76. The van der Waals surface area contributed by atoms with Crippen LogP contribution in [0.25, 0.3) is 11.1 Å². The molecule has 7 nitrogen and oxygen atoms in total. The van der Waals surface area contributed by atoms with Gasteiger partial charge in [-0.05, 0) is 43.5 Å². The van der Waals surface area contributed by atoms with Crippen LogP contribution in [0.3, 0.4) is 0 Å². The summed E-state index contributed by atoms with van der Waals surface area (Å²) >= 11 is 0. The standard InChI is InChI=1S/C23H24O7/c1-4-28-22(25)23(10-11-23)13-30-19-15(8-9-18(26-2)20(19)27-3)14-6-5-7-16-17(14)12-29-21(16)24/h5-9H,4,10-13H2,1-3H3. The van der Waals surface area contributed by atoms with E-state index in [0.29, 0.717) is 29.4 Å². The first-order valence-corrected chi connectivity index (χ1v) is 9.89. The van der Waals surface area contributed by atoms with Gasteiger partial charge in [-0.3, -0.25) is 4.79 Å². The first-order chi connectivity index (χ1) is 14.5. The summed E-state index contributed by atoms with van der Waals surface area (Å²) in [6.07, 6.45) is 1.44. The fraction of sp³-hybridized carbons (Fsp3) is 0.391. The molecular weight excluding hydrogens is 388 g/mol. The van der Waals surface area contributed by atoms with Gasteiger partial charge in [0.1, 0.15) is 18.6 Å². The lowest BCUT2D eigenvalue weighted by Crippen LogP contribution is -2.26. The zero-order valence-corrected chi connectivity index (χ0v) is 17.3. The average molecular weight is 412 g/mol. The summed E-state index contributed by atoms with van der Waals surface area (Å²) < 4.78 is 27.7. The highest BCUT2D eigenvalue weighted by atomic mass is 16.6. The average Bonchev–Trinajstić information content (AvgIpc) is 3.47. The lowest BCUT2D eigenvalue weighted by molar-refractivity contribution is -0.150. The molecule has 7 heteroatoms. The Hall–Kier alpha value is -3.22. The summed E-state index contributed by atoms with van der Waals surface area (Å²) in [5, 5.41) is 0. The van der Waals surface area contributed by atoms with Crippen LogP contribution in [0.4, 0.5) is 0 Å². The summed E-state index contributed by atoms with van der Waals surface area (Å²) in [5.74, 6) is 0.817. The number of hydrogen-bond donors (Lipinski definition) is 0. The summed E-state index contributed by atoms with van der Waals surface area (Å²) in [4.78, 5) is 24.4. The van der Waals surface area contributed by atoms with Crippen molar-refractivity contribution in [2.45, 2.75) is 26.4 Å². The van der Waals surface area contributed by atoms with Crippen LogP contribution in [0.5, 0.6) is 17.2 Å². The van der Waals surface area contributed by atoms with Gasteiger partial charge in [-0.15, -0.1) is 0 Å². The molecule has 2 aromatic rings. The maximum Gasteiger partial charge on any atom is 0.338 e. The Bertz CT molecular complexity index is 991. The van der Waals surface area contributed by atoms with E-state index in [-0.39, 0.29) is 25.2 Å². The highest BCUT2D eigenvalue weighted by Crippen LogP contribution is 2.50. The Morgan fingerprint density at radius 3 is 2.47 bits per heavy atom. The number of ether oxygens (including phenoxy) is 5. The molecule has 4 rings (SSSR count). The number of benzene rings is 2. The predicted octanol–water partition coefficient (Wildman–Crippen LogP) is 3.76. The van der Waals surface area contributed by atoms with Gasteiger partial charge in [0, 0.05) is 11.1 Å². The van der Waals surface area contributed by atoms with Crippen molar-refractivity contribution in [1.29, 1.82) is 0 Å². The Kier molecular flexibility index (Phi) is 5.28. The van der Waals surface area contributed by atoms with Gasteiger partial charge in [-0.1, -0.05) is 12.1 Å². The zero-order valence-electron chi connectivity index (χ0n) is 17.3. The fourth-order valence-corrected chi connectivity index (χ4v) is 3.71. The van der Waals surface area contributed by atoms with E-state index in [1.54, 1.807) is 26.2 Å². The Morgan fingerprint density at radius 2 is 1.80 bits per heavy atom. The number of carbonyl (C=O) groups excluding carboxylic acids is 2. The van der Waals surface area contributed by atoms with Crippen LogP contribution < -0.4 is 14.2 Å². The molecule has 0 spiro atoms. The molecule has 0 amide bonds. The van der Waals surface area contributed by atoms with Crippen molar-refractivity contribution in [2.75, 3.05) is 27.4 Å². The number of esters is 2. The van der Waals surface area contributed by atoms with Crippen LogP contribution >= 0.6 is 0 Å². The number of methoxy groups -OCH3 is 2. The SMILES string of the molecule is CCOC(=O)C1(COc2c(-c3cccc4c3COC4=O)ccc(OC)c2OC)CC1. The highest BCUT2D eigenvalue weighted by molar-refractivity contribution is 5.96. The van der Waals surface area contributed by atoms with Crippen LogP contribution in [0.2, 0.25) is 0 Å². The normalized spacial score (nSPS) is 15.8. The molecular formula is C23H24O7. The van der Waals surface area contributed by atoms with E-state index in [1.807, 2.05) is 18.2 Å². The van der Waals surface area contributed by atoms with Crippen molar-refractivity contribution in [1.82, 2.24) is 0 Å². The molecule has 1 aliphatic carbocycles. The first kappa shape index (κ1) is 20.1. The predicted molar refractivity (Wildman–Crippen MR) is 108 cm³/mol. The third-order valence-electron chi connectivity index (χ3n) is 5.59. The number of cyclic esters (lactones) is 1. The van der Waals surface area contributed by atoms with E-state index in [4.69, 9.17) is 23.7 Å². The molecule has 0 N–H and O–H groups in total. The molecule has 30 heavy (non-hydrogen) atoms. The van der Waals surface area contributed by atoms with Crippen molar-refractivity contribution in [3.63, 3.8) is 0 Å². The fourth-order valence-electron chi connectivity index (χ4n) is 3.71. The second-order valence-corrected chi connectivity index (χ2v) is 7.38. The molecule has 0 saturated heterocycles. The van der Waals surface area contributed by atoms with E-state index in [0.717, 1.165) is 29.5 Å². The maximum atomic E-state index is 12.4. The zero-order chi connectivity index (χ0) is 21.3. The van der Waals surface area contributed by atoms with E-state index in [2.05, 4.69) is 0 Å². The molecule has 1 fully saturated rings. The molecule has 1 heterocycles. The molecule has 0 unspecified atom stereocenters. The number of fused-ring (bicyclic) bond motifs is 1. The highest BCUT2D eigenvalue weighted by Gasteiger charge is 2.52. The molecule has 0 radical (unpaired) electrons. The van der Waals surface area contributed by atoms with Crippen molar-refractivity contribution in [2.24, 2.45) is 5.41 Å². The largest absolute Gasteiger partial charge is 0.493 e. The minimum Gasteiger partial charge on any atom is -0.493 e. The second-order valence-electron chi connectivity index (χ2n) is 7.38. The van der Waals surface area contributed by atoms with Gasteiger partial charge in [0.2, 0.25) is 5.75 Å². The molecule has 158 valence electrons. The van der Waals surface area contributed by atoms with Gasteiger partial charge in [-0.25, -0.2) is 4.79 Å². The Morgan fingerprint density at radius 1 is 1.03 bits per heavy atom. The molecule has 0 bridgehead atoms. The summed E-state index contributed by atoms with van der Waals surface area (Å²) in [5.41, 5.74) is 2.27. The van der Waals surface area contributed by atoms with Gasteiger partial charge < -0.3 is 23.7 Å².